The Bertz CT molecular complexity index is 671. The first-order chi connectivity index (χ1) is 13.4. The van der Waals surface area contributed by atoms with Gasteiger partial charge >= 0.3 is 0 Å². The molecule has 0 aliphatic carbocycles. The van der Waals surface area contributed by atoms with Crippen LogP contribution in [-0.2, 0) is 19.3 Å². The van der Waals surface area contributed by atoms with Crippen molar-refractivity contribution in [2.24, 2.45) is 0 Å². The molecule has 0 aliphatic rings. The van der Waals surface area contributed by atoms with Gasteiger partial charge in [0, 0.05) is 25.7 Å². The number of hydrogen-bond donors (Lipinski definition) is 3. The fraction of sp³-hybridized carbons (Fsp3) is 0.667. The molecule has 9 nitrogen and oxygen atoms in total. The highest BCUT2D eigenvalue weighted by Gasteiger charge is 2.21. The van der Waals surface area contributed by atoms with Crippen LogP contribution in [0.3, 0.4) is 0 Å². The number of rotatable bonds is 15. The summed E-state index contributed by atoms with van der Waals surface area (Å²) in [7, 11) is -2.10. The van der Waals surface area contributed by atoms with Crippen molar-refractivity contribution in [2.75, 3.05) is 77.9 Å². The lowest BCUT2D eigenvalue weighted by atomic mass is 10.2. The van der Waals surface area contributed by atoms with E-state index in [1.807, 2.05) is 4.90 Å². The molecule has 0 unspecified atom stereocenters. The average Bonchev–Trinajstić information content (AvgIpc) is 2.65. The number of hydrogen-bond acceptors (Lipinski definition) is 9. The van der Waals surface area contributed by atoms with Gasteiger partial charge in [-0.2, -0.15) is 0 Å². The molecule has 1 rings (SSSR count). The Balaban J connectivity index is 2.76. The first-order valence-corrected chi connectivity index (χ1v) is 10.8. The Kier molecular flexibility index (Phi) is 11.4. The maximum atomic E-state index is 12.8. The third-order valence-electron chi connectivity index (χ3n) is 4.11. The molecule has 1 aromatic rings. The van der Waals surface area contributed by atoms with Crippen LogP contribution in [0.2, 0.25) is 0 Å². The summed E-state index contributed by atoms with van der Waals surface area (Å²) in [6, 6.07) is 3.05. The second kappa shape index (κ2) is 12.9. The number of methoxy groups -OCH3 is 1. The zero-order chi connectivity index (χ0) is 21.0. The molecule has 0 fully saturated rings. The number of nitrogen functional groups attached to an aromatic ring is 1. The van der Waals surface area contributed by atoms with Crippen molar-refractivity contribution in [3.05, 3.63) is 17.7 Å². The Morgan fingerprint density at radius 1 is 1.00 bits per heavy atom. The van der Waals surface area contributed by atoms with Gasteiger partial charge in [0.05, 0.1) is 63.1 Å². The van der Waals surface area contributed by atoms with Gasteiger partial charge < -0.3 is 30.2 Å². The standard InChI is InChI=1S/C18H32N2O7S/c1-15-13-16(19)17(25-2)14-18(15)28(23,24)12-5-20(3-8-26-10-6-21)4-9-27-11-7-22/h13-14,21-22H,3-12,19H2,1-2H3. The summed E-state index contributed by atoms with van der Waals surface area (Å²) >= 11 is 0. The van der Waals surface area contributed by atoms with Crippen LogP contribution >= 0.6 is 0 Å². The van der Waals surface area contributed by atoms with Crippen LogP contribution in [0.1, 0.15) is 5.56 Å². The second-order valence-electron chi connectivity index (χ2n) is 6.19. The number of benzene rings is 1. The third kappa shape index (κ3) is 8.29. The van der Waals surface area contributed by atoms with E-state index in [4.69, 9.17) is 30.2 Å². The first kappa shape index (κ1) is 24.6. The monoisotopic (exact) mass is 420 g/mol. The number of aliphatic hydroxyl groups excluding tert-OH is 2. The number of nitrogens with zero attached hydrogens (tertiary/aromatic N) is 1. The van der Waals surface area contributed by atoms with Crippen LogP contribution in [0, 0.1) is 6.92 Å². The normalized spacial score (nSPS) is 11.9. The Morgan fingerprint density at radius 2 is 1.57 bits per heavy atom. The highest BCUT2D eigenvalue weighted by molar-refractivity contribution is 7.91. The fourth-order valence-corrected chi connectivity index (χ4v) is 4.17. The van der Waals surface area contributed by atoms with Crippen molar-refractivity contribution in [1.29, 1.82) is 0 Å². The van der Waals surface area contributed by atoms with Crippen molar-refractivity contribution in [2.45, 2.75) is 11.8 Å². The zero-order valence-corrected chi connectivity index (χ0v) is 17.4. The molecule has 1 aromatic carbocycles. The molecule has 0 amide bonds. The summed E-state index contributed by atoms with van der Waals surface area (Å²) in [4.78, 5) is 2.11. The van der Waals surface area contributed by atoms with Gasteiger partial charge in [0.15, 0.2) is 9.84 Å². The van der Waals surface area contributed by atoms with E-state index < -0.39 is 9.84 Å². The molecule has 0 radical (unpaired) electrons. The van der Waals surface area contributed by atoms with Crippen molar-refractivity contribution in [3.8, 4) is 5.75 Å². The summed E-state index contributed by atoms with van der Waals surface area (Å²) in [5.74, 6) is 0.247. The fourth-order valence-electron chi connectivity index (χ4n) is 2.62. The molecule has 28 heavy (non-hydrogen) atoms. The van der Waals surface area contributed by atoms with Crippen LogP contribution in [0.15, 0.2) is 17.0 Å². The zero-order valence-electron chi connectivity index (χ0n) is 16.6. The topological polar surface area (TPSA) is 132 Å². The SMILES string of the molecule is COc1cc(S(=O)(=O)CCN(CCOCCO)CCOCCO)c(C)cc1N. The summed E-state index contributed by atoms with van der Waals surface area (Å²) in [5, 5.41) is 17.6. The summed E-state index contributed by atoms with van der Waals surface area (Å²) in [6.45, 7) is 4.08. The highest BCUT2D eigenvalue weighted by atomic mass is 32.2. The molecule has 162 valence electrons. The van der Waals surface area contributed by atoms with Gasteiger partial charge in [0.2, 0.25) is 0 Å². The van der Waals surface area contributed by atoms with Crippen LogP contribution < -0.4 is 10.5 Å². The van der Waals surface area contributed by atoms with Crippen molar-refractivity contribution < 1.29 is 32.8 Å². The molecular weight excluding hydrogens is 388 g/mol. The minimum absolute atomic E-state index is 0.0633. The van der Waals surface area contributed by atoms with Crippen molar-refractivity contribution >= 4 is 15.5 Å². The van der Waals surface area contributed by atoms with E-state index in [0.29, 0.717) is 49.8 Å². The molecule has 0 heterocycles. The maximum absolute atomic E-state index is 12.8. The van der Waals surface area contributed by atoms with E-state index in [-0.39, 0.29) is 37.1 Å². The largest absolute Gasteiger partial charge is 0.495 e. The summed E-state index contributed by atoms with van der Waals surface area (Å²) in [5.41, 5.74) is 6.80. The quantitative estimate of drug-likeness (QED) is 0.258. The minimum atomic E-state index is -3.54. The molecule has 0 aromatic heterocycles. The summed E-state index contributed by atoms with van der Waals surface area (Å²) in [6.07, 6.45) is 0. The van der Waals surface area contributed by atoms with Gasteiger partial charge in [0.25, 0.3) is 0 Å². The van der Waals surface area contributed by atoms with Crippen LogP contribution in [0.4, 0.5) is 5.69 Å². The molecule has 0 aliphatic heterocycles. The van der Waals surface area contributed by atoms with E-state index in [9.17, 15) is 8.42 Å². The van der Waals surface area contributed by atoms with E-state index >= 15 is 0 Å². The second-order valence-corrected chi connectivity index (χ2v) is 8.27. The number of aliphatic hydroxyl groups is 2. The summed E-state index contributed by atoms with van der Waals surface area (Å²) < 4.78 is 41.4. The lowest BCUT2D eigenvalue weighted by molar-refractivity contribution is 0.0524. The molecule has 0 spiro atoms. The third-order valence-corrected chi connectivity index (χ3v) is 5.94. The average molecular weight is 421 g/mol. The predicted molar refractivity (Wildman–Crippen MR) is 106 cm³/mol. The Morgan fingerprint density at radius 3 is 2.07 bits per heavy atom. The van der Waals surface area contributed by atoms with Crippen LogP contribution in [0.25, 0.3) is 0 Å². The van der Waals surface area contributed by atoms with Crippen molar-refractivity contribution in [3.63, 3.8) is 0 Å². The smallest absolute Gasteiger partial charge is 0.180 e. The van der Waals surface area contributed by atoms with Gasteiger partial charge in [-0.15, -0.1) is 0 Å². The van der Waals surface area contributed by atoms with Crippen molar-refractivity contribution in [1.82, 2.24) is 4.90 Å². The van der Waals surface area contributed by atoms with Gasteiger partial charge in [-0.3, -0.25) is 4.90 Å². The predicted octanol–water partition coefficient (Wildman–Crippen LogP) is -0.321. The Hall–Kier alpha value is -1.43. The number of nitrogens with two attached hydrogens (primary N) is 1. The molecule has 0 atom stereocenters. The maximum Gasteiger partial charge on any atom is 0.180 e. The number of aryl methyl sites for hydroxylation is 1. The lowest BCUT2D eigenvalue weighted by Crippen LogP contribution is -2.35. The van der Waals surface area contributed by atoms with E-state index in [2.05, 4.69) is 0 Å². The number of sulfone groups is 1. The van der Waals surface area contributed by atoms with E-state index in [1.165, 1.54) is 13.2 Å². The van der Waals surface area contributed by atoms with E-state index in [1.54, 1.807) is 13.0 Å². The lowest BCUT2D eigenvalue weighted by Gasteiger charge is -2.22. The molecular formula is C18H32N2O7S. The number of anilines is 1. The molecule has 4 N–H and O–H groups in total. The minimum Gasteiger partial charge on any atom is -0.495 e. The molecule has 0 saturated heterocycles. The molecule has 10 heteroatoms. The molecule has 0 saturated carbocycles. The van der Waals surface area contributed by atoms with E-state index in [0.717, 1.165) is 0 Å². The Labute approximate surface area is 166 Å². The van der Waals surface area contributed by atoms with Gasteiger partial charge in [0.1, 0.15) is 5.75 Å². The van der Waals surface area contributed by atoms with Crippen LogP contribution in [-0.4, -0.2) is 95.7 Å². The number of ether oxygens (including phenoxy) is 3. The van der Waals surface area contributed by atoms with Gasteiger partial charge in [-0.05, 0) is 18.6 Å². The van der Waals surface area contributed by atoms with Gasteiger partial charge in [-0.25, -0.2) is 8.42 Å². The van der Waals surface area contributed by atoms with Gasteiger partial charge in [-0.1, -0.05) is 0 Å². The highest BCUT2D eigenvalue weighted by Crippen LogP contribution is 2.28. The van der Waals surface area contributed by atoms with Crippen LogP contribution in [0.5, 0.6) is 5.75 Å². The molecule has 0 bridgehead atoms. The first-order valence-electron chi connectivity index (χ1n) is 9.12.